The van der Waals surface area contributed by atoms with Crippen LogP contribution in [0.4, 0.5) is 0 Å². The average Bonchev–Trinajstić information content (AvgIpc) is 2.40. The molecule has 108 valence electrons. The minimum Gasteiger partial charge on any atom is -0.329 e. The van der Waals surface area contributed by atoms with Crippen LogP contribution in [-0.2, 0) is 0 Å². The van der Waals surface area contributed by atoms with Crippen molar-refractivity contribution in [3.05, 3.63) is 33.3 Å². The normalized spacial score (nSPS) is 12.9. The molecule has 0 aliphatic rings. The fraction of sp³-hybridized carbons (Fsp3) is 0.571. The molecule has 0 fully saturated rings. The Morgan fingerprint density at radius 2 is 2.05 bits per heavy atom. The molecule has 1 atom stereocenters. The quantitative estimate of drug-likeness (QED) is 0.759. The van der Waals surface area contributed by atoms with Gasteiger partial charge in [0.25, 0.3) is 0 Å². The predicted octanol–water partition coefficient (Wildman–Crippen LogP) is 3.03. The lowest BCUT2D eigenvalue weighted by Crippen LogP contribution is -2.36. The zero-order chi connectivity index (χ0) is 14.3. The van der Waals surface area contributed by atoms with Crippen molar-refractivity contribution in [2.45, 2.75) is 19.9 Å². The van der Waals surface area contributed by atoms with Crippen LogP contribution in [0.3, 0.4) is 0 Å². The first-order chi connectivity index (χ1) is 9.12. The summed E-state index contributed by atoms with van der Waals surface area (Å²) in [7, 11) is 0. The molecule has 0 radical (unpaired) electrons. The van der Waals surface area contributed by atoms with Crippen LogP contribution in [0.25, 0.3) is 0 Å². The minimum absolute atomic E-state index is 0.108. The number of hydrogen-bond acceptors (Lipinski definition) is 3. The number of nitrogens with two attached hydrogens (primary N) is 1. The maximum atomic E-state index is 6.26. The first-order valence-corrected chi connectivity index (χ1v) is 7.90. The molecule has 1 aromatic carbocycles. The van der Waals surface area contributed by atoms with Gasteiger partial charge in [-0.1, -0.05) is 47.4 Å². The molecule has 19 heavy (non-hydrogen) atoms. The van der Waals surface area contributed by atoms with Crippen LogP contribution in [0.2, 0.25) is 5.02 Å². The van der Waals surface area contributed by atoms with Gasteiger partial charge in [-0.3, -0.25) is 0 Å². The van der Waals surface area contributed by atoms with Crippen LogP contribution in [0.15, 0.2) is 22.7 Å². The fourth-order valence-electron chi connectivity index (χ4n) is 2.04. The van der Waals surface area contributed by atoms with Gasteiger partial charge in [0.2, 0.25) is 0 Å². The third-order valence-corrected chi connectivity index (χ3v) is 4.11. The standard InChI is InChI=1S/C14H23BrClN3/c1-3-19(4-2)8-7-18-14(10-17)12-6-5-11(15)9-13(12)16/h5-6,9,14,18H,3-4,7-8,10,17H2,1-2H3. The summed E-state index contributed by atoms with van der Waals surface area (Å²) in [6.45, 7) is 8.98. The van der Waals surface area contributed by atoms with Gasteiger partial charge in [-0.2, -0.15) is 0 Å². The highest BCUT2D eigenvalue weighted by molar-refractivity contribution is 9.10. The van der Waals surface area contributed by atoms with Crippen molar-refractivity contribution >= 4 is 27.5 Å². The van der Waals surface area contributed by atoms with E-state index >= 15 is 0 Å². The molecule has 1 rings (SSSR count). The van der Waals surface area contributed by atoms with Gasteiger partial charge in [0.05, 0.1) is 0 Å². The lowest BCUT2D eigenvalue weighted by atomic mass is 10.1. The zero-order valence-corrected chi connectivity index (χ0v) is 14.0. The second-order valence-electron chi connectivity index (χ2n) is 4.44. The van der Waals surface area contributed by atoms with Gasteiger partial charge < -0.3 is 16.0 Å². The van der Waals surface area contributed by atoms with Crippen molar-refractivity contribution in [3.8, 4) is 0 Å². The second kappa shape index (κ2) is 8.93. The largest absolute Gasteiger partial charge is 0.329 e. The van der Waals surface area contributed by atoms with Gasteiger partial charge in [-0.25, -0.2) is 0 Å². The number of hydrogen-bond donors (Lipinski definition) is 2. The van der Waals surface area contributed by atoms with Crippen molar-refractivity contribution in [1.29, 1.82) is 0 Å². The molecule has 0 amide bonds. The molecule has 0 aromatic heterocycles. The fourth-order valence-corrected chi connectivity index (χ4v) is 2.85. The van der Waals surface area contributed by atoms with Gasteiger partial charge >= 0.3 is 0 Å². The Kier molecular flexibility index (Phi) is 7.95. The number of nitrogens with zero attached hydrogens (tertiary/aromatic N) is 1. The van der Waals surface area contributed by atoms with Crippen LogP contribution in [0, 0.1) is 0 Å². The molecule has 3 N–H and O–H groups in total. The second-order valence-corrected chi connectivity index (χ2v) is 5.76. The number of nitrogens with one attached hydrogen (secondary N) is 1. The van der Waals surface area contributed by atoms with E-state index in [1.54, 1.807) is 0 Å². The van der Waals surface area contributed by atoms with E-state index in [4.69, 9.17) is 17.3 Å². The van der Waals surface area contributed by atoms with Crippen LogP contribution < -0.4 is 11.1 Å². The third kappa shape index (κ3) is 5.40. The van der Waals surface area contributed by atoms with Gasteiger partial charge in [0.15, 0.2) is 0 Å². The zero-order valence-electron chi connectivity index (χ0n) is 11.6. The molecule has 0 spiro atoms. The summed E-state index contributed by atoms with van der Waals surface area (Å²) in [4.78, 5) is 2.38. The Balaban J connectivity index is 2.58. The van der Waals surface area contributed by atoms with Gasteiger partial charge in [0, 0.05) is 35.2 Å². The topological polar surface area (TPSA) is 41.3 Å². The summed E-state index contributed by atoms with van der Waals surface area (Å²) in [6.07, 6.45) is 0. The molecule has 0 saturated carbocycles. The monoisotopic (exact) mass is 347 g/mol. The summed E-state index contributed by atoms with van der Waals surface area (Å²) in [5.74, 6) is 0. The summed E-state index contributed by atoms with van der Waals surface area (Å²) < 4.78 is 0.986. The van der Waals surface area contributed by atoms with Crippen molar-refractivity contribution in [1.82, 2.24) is 10.2 Å². The van der Waals surface area contributed by atoms with Crippen molar-refractivity contribution in [2.24, 2.45) is 5.73 Å². The van der Waals surface area contributed by atoms with E-state index in [0.717, 1.165) is 41.2 Å². The van der Waals surface area contributed by atoms with E-state index in [2.05, 4.69) is 40.0 Å². The average molecular weight is 349 g/mol. The minimum atomic E-state index is 0.108. The highest BCUT2D eigenvalue weighted by Crippen LogP contribution is 2.25. The molecule has 0 heterocycles. The molecular weight excluding hydrogens is 326 g/mol. The van der Waals surface area contributed by atoms with Crippen molar-refractivity contribution in [2.75, 3.05) is 32.7 Å². The highest BCUT2D eigenvalue weighted by Gasteiger charge is 2.13. The Bertz CT molecular complexity index is 383. The van der Waals surface area contributed by atoms with Crippen LogP contribution in [0.1, 0.15) is 25.5 Å². The van der Waals surface area contributed by atoms with Gasteiger partial charge in [-0.15, -0.1) is 0 Å². The summed E-state index contributed by atoms with van der Waals surface area (Å²) in [6, 6.07) is 6.03. The van der Waals surface area contributed by atoms with Crippen molar-refractivity contribution < 1.29 is 0 Å². The van der Waals surface area contributed by atoms with Gasteiger partial charge in [-0.05, 0) is 30.8 Å². The molecule has 1 unspecified atom stereocenters. The summed E-state index contributed by atoms with van der Waals surface area (Å²) in [5, 5.41) is 4.23. The summed E-state index contributed by atoms with van der Waals surface area (Å²) in [5.41, 5.74) is 6.91. The van der Waals surface area contributed by atoms with Crippen molar-refractivity contribution in [3.63, 3.8) is 0 Å². The van der Waals surface area contributed by atoms with E-state index in [-0.39, 0.29) is 6.04 Å². The SMILES string of the molecule is CCN(CC)CCNC(CN)c1ccc(Br)cc1Cl. The Labute approximate surface area is 129 Å². The molecule has 5 heteroatoms. The number of rotatable bonds is 8. The smallest absolute Gasteiger partial charge is 0.0465 e. The predicted molar refractivity (Wildman–Crippen MR) is 86.7 cm³/mol. The van der Waals surface area contributed by atoms with E-state index < -0.39 is 0 Å². The molecule has 1 aromatic rings. The first kappa shape index (κ1) is 16.9. The summed E-state index contributed by atoms with van der Waals surface area (Å²) >= 11 is 9.68. The molecule has 0 bridgehead atoms. The number of benzene rings is 1. The maximum Gasteiger partial charge on any atom is 0.0465 e. The van der Waals surface area contributed by atoms with E-state index in [1.807, 2.05) is 18.2 Å². The molecule has 0 aliphatic heterocycles. The molecule has 0 saturated heterocycles. The third-order valence-electron chi connectivity index (χ3n) is 3.29. The molecule has 0 aliphatic carbocycles. The van der Waals surface area contributed by atoms with Gasteiger partial charge in [0.1, 0.15) is 0 Å². The molecule has 3 nitrogen and oxygen atoms in total. The van der Waals surface area contributed by atoms with E-state index in [0.29, 0.717) is 6.54 Å². The highest BCUT2D eigenvalue weighted by atomic mass is 79.9. The Morgan fingerprint density at radius 3 is 2.58 bits per heavy atom. The Hall–Kier alpha value is -0.130. The number of halogens is 2. The Morgan fingerprint density at radius 1 is 1.37 bits per heavy atom. The van der Waals surface area contributed by atoms with E-state index in [1.165, 1.54) is 0 Å². The lowest BCUT2D eigenvalue weighted by molar-refractivity contribution is 0.297. The van der Waals surface area contributed by atoms with Crippen LogP contribution in [0.5, 0.6) is 0 Å². The van der Waals surface area contributed by atoms with E-state index in [9.17, 15) is 0 Å². The van der Waals surface area contributed by atoms with Crippen LogP contribution >= 0.6 is 27.5 Å². The lowest BCUT2D eigenvalue weighted by Gasteiger charge is -2.22. The van der Waals surface area contributed by atoms with Crippen LogP contribution in [-0.4, -0.2) is 37.6 Å². The molecular formula is C14H23BrClN3. The number of likely N-dealkylation sites (N-methyl/N-ethyl adjacent to an activating group) is 1. The maximum absolute atomic E-state index is 6.26. The first-order valence-electron chi connectivity index (χ1n) is 6.73.